The Labute approximate surface area is 155 Å². The molecule has 0 aliphatic rings. The largest absolute Gasteiger partial charge is 0.337 e. The third-order valence-electron chi connectivity index (χ3n) is 3.53. The van der Waals surface area contributed by atoms with Gasteiger partial charge in [-0.1, -0.05) is 0 Å². The highest BCUT2D eigenvalue weighted by Gasteiger charge is 2.08. The SMILES string of the molecule is CC(=O)Nc1nc(CCc2cc(C)c(CCCNC(=O)NN)s2)cs1. The number of hydrogen-bond donors (Lipinski definition) is 4. The Morgan fingerprint density at radius 3 is 2.80 bits per heavy atom. The molecule has 2 aromatic heterocycles. The number of thiazole rings is 1. The number of aromatic nitrogens is 1. The van der Waals surface area contributed by atoms with Crippen LogP contribution in [0.3, 0.4) is 0 Å². The lowest BCUT2D eigenvalue weighted by Gasteiger charge is -2.03. The van der Waals surface area contributed by atoms with Crippen molar-refractivity contribution in [2.45, 2.75) is 39.5 Å². The third kappa shape index (κ3) is 6.45. The summed E-state index contributed by atoms with van der Waals surface area (Å²) in [5.74, 6) is 4.92. The van der Waals surface area contributed by atoms with E-state index in [-0.39, 0.29) is 11.9 Å². The van der Waals surface area contributed by atoms with E-state index in [1.807, 2.05) is 22.1 Å². The maximum absolute atomic E-state index is 11.0. The molecule has 2 heterocycles. The van der Waals surface area contributed by atoms with E-state index in [1.54, 1.807) is 0 Å². The number of hydrogen-bond acceptors (Lipinski definition) is 6. The van der Waals surface area contributed by atoms with Gasteiger partial charge in [0.05, 0.1) is 5.69 Å². The molecule has 0 aromatic carbocycles. The van der Waals surface area contributed by atoms with E-state index in [0.29, 0.717) is 11.7 Å². The fourth-order valence-corrected chi connectivity index (χ4v) is 4.36. The lowest BCUT2D eigenvalue weighted by molar-refractivity contribution is -0.114. The van der Waals surface area contributed by atoms with Gasteiger partial charge in [0.25, 0.3) is 0 Å². The Balaban J connectivity index is 1.80. The maximum Gasteiger partial charge on any atom is 0.328 e. The third-order valence-corrected chi connectivity index (χ3v) is 5.69. The predicted molar refractivity (Wildman–Crippen MR) is 102 cm³/mol. The minimum absolute atomic E-state index is 0.0992. The highest BCUT2D eigenvalue weighted by atomic mass is 32.1. The molecule has 2 aromatic rings. The monoisotopic (exact) mass is 381 g/mol. The second-order valence-electron chi connectivity index (χ2n) is 5.65. The summed E-state index contributed by atoms with van der Waals surface area (Å²) in [4.78, 5) is 29.1. The van der Waals surface area contributed by atoms with Crippen LogP contribution in [-0.4, -0.2) is 23.5 Å². The zero-order valence-electron chi connectivity index (χ0n) is 14.3. The van der Waals surface area contributed by atoms with Crippen molar-refractivity contribution in [1.82, 2.24) is 15.7 Å². The molecule has 0 spiro atoms. The lowest BCUT2D eigenvalue weighted by atomic mass is 10.1. The van der Waals surface area contributed by atoms with E-state index < -0.39 is 0 Å². The summed E-state index contributed by atoms with van der Waals surface area (Å²) in [6.07, 6.45) is 3.60. The first kappa shape index (κ1) is 19.4. The highest BCUT2D eigenvalue weighted by Crippen LogP contribution is 2.25. The average Bonchev–Trinajstić information content (AvgIpc) is 3.15. The van der Waals surface area contributed by atoms with Crippen LogP contribution in [0.15, 0.2) is 11.4 Å². The summed E-state index contributed by atoms with van der Waals surface area (Å²) >= 11 is 3.26. The van der Waals surface area contributed by atoms with Gasteiger partial charge in [-0.25, -0.2) is 15.6 Å². The number of aryl methyl sites for hydroxylation is 4. The number of nitrogens with two attached hydrogens (primary N) is 1. The number of urea groups is 1. The Morgan fingerprint density at radius 1 is 1.28 bits per heavy atom. The maximum atomic E-state index is 11.0. The molecule has 0 radical (unpaired) electrons. The van der Waals surface area contributed by atoms with E-state index in [0.717, 1.165) is 31.4 Å². The number of hydrazine groups is 1. The molecule has 0 saturated carbocycles. The van der Waals surface area contributed by atoms with Gasteiger partial charge in [-0.15, -0.1) is 22.7 Å². The van der Waals surface area contributed by atoms with Gasteiger partial charge in [0, 0.05) is 28.6 Å². The van der Waals surface area contributed by atoms with E-state index >= 15 is 0 Å². The summed E-state index contributed by atoms with van der Waals surface area (Å²) in [5, 5.41) is 8.03. The van der Waals surface area contributed by atoms with Gasteiger partial charge in [-0.05, 0) is 44.2 Å². The molecule has 3 amide bonds. The van der Waals surface area contributed by atoms with Crippen molar-refractivity contribution < 1.29 is 9.59 Å². The number of thiophene rings is 1. The van der Waals surface area contributed by atoms with Crippen LogP contribution in [0.1, 0.15) is 34.4 Å². The van der Waals surface area contributed by atoms with Gasteiger partial charge in [0.2, 0.25) is 5.91 Å². The van der Waals surface area contributed by atoms with Crippen LogP contribution < -0.4 is 21.9 Å². The van der Waals surface area contributed by atoms with E-state index in [1.165, 1.54) is 33.6 Å². The molecule has 0 unspecified atom stereocenters. The van der Waals surface area contributed by atoms with Crippen molar-refractivity contribution in [2.75, 3.05) is 11.9 Å². The number of carbonyl (C=O) groups excluding carboxylic acids is 2. The minimum atomic E-state index is -0.356. The average molecular weight is 382 g/mol. The second kappa shape index (κ2) is 9.50. The van der Waals surface area contributed by atoms with Crippen LogP contribution in [0, 0.1) is 6.92 Å². The summed E-state index contributed by atoms with van der Waals surface area (Å²) < 4.78 is 0. The van der Waals surface area contributed by atoms with Gasteiger partial charge in [0.15, 0.2) is 5.13 Å². The Kier molecular flexibility index (Phi) is 7.35. The molecule has 136 valence electrons. The van der Waals surface area contributed by atoms with Crippen LogP contribution in [0.4, 0.5) is 9.93 Å². The number of nitrogens with zero attached hydrogens (tertiary/aromatic N) is 1. The van der Waals surface area contributed by atoms with Crippen LogP contribution in [0.2, 0.25) is 0 Å². The molecular formula is C16H23N5O2S2. The number of carbonyl (C=O) groups is 2. The van der Waals surface area contributed by atoms with Crippen molar-refractivity contribution in [3.63, 3.8) is 0 Å². The first-order chi connectivity index (χ1) is 12.0. The van der Waals surface area contributed by atoms with Crippen molar-refractivity contribution in [3.8, 4) is 0 Å². The van der Waals surface area contributed by atoms with Crippen LogP contribution >= 0.6 is 22.7 Å². The smallest absolute Gasteiger partial charge is 0.328 e. The first-order valence-corrected chi connectivity index (χ1v) is 9.72. The van der Waals surface area contributed by atoms with Gasteiger partial charge in [0.1, 0.15) is 0 Å². The number of nitrogens with one attached hydrogen (secondary N) is 3. The molecule has 5 N–H and O–H groups in total. The molecule has 7 nitrogen and oxygen atoms in total. The number of amides is 3. The fourth-order valence-electron chi connectivity index (χ4n) is 2.34. The normalized spacial score (nSPS) is 10.5. The van der Waals surface area contributed by atoms with Gasteiger partial charge in [-0.3, -0.25) is 10.2 Å². The molecule has 2 rings (SSSR count). The van der Waals surface area contributed by atoms with Gasteiger partial charge < -0.3 is 10.6 Å². The predicted octanol–water partition coefficient (Wildman–Crippen LogP) is 2.36. The zero-order valence-corrected chi connectivity index (χ0v) is 16.0. The van der Waals surface area contributed by atoms with Crippen LogP contribution in [0.25, 0.3) is 0 Å². The van der Waals surface area contributed by atoms with E-state index in [4.69, 9.17) is 5.84 Å². The first-order valence-electron chi connectivity index (χ1n) is 8.02. The Hall–Kier alpha value is -1.97. The summed E-state index contributed by atoms with van der Waals surface area (Å²) in [6.45, 7) is 4.20. The quantitative estimate of drug-likeness (QED) is 0.243. The summed E-state index contributed by atoms with van der Waals surface area (Å²) in [5.41, 5.74) is 4.34. The standard InChI is InChI=1S/C16H23N5O2S2/c1-10-8-13(25-14(10)4-3-7-18-15(23)21-17)6-5-12-9-24-16(20-12)19-11(2)22/h8-9H,3-7,17H2,1-2H3,(H2,18,21,23)(H,19,20,22). The molecule has 0 atom stereocenters. The van der Waals surface area contributed by atoms with Crippen molar-refractivity contribution in [1.29, 1.82) is 0 Å². The Morgan fingerprint density at radius 2 is 2.08 bits per heavy atom. The molecule has 0 fully saturated rings. The molecule has 9 heteroatoms. The van der Waals surface area contributed by atoms with Crippen molar-refractivity contribution >= 4 is 39.7 Å². The summed E-state index contributed by atoms with van der Waals surface area (Å²) in [7, 11) is 0. The van der Waals surface area contributed by atoms with Crippen molar-refractivity contribution in [3.05, 3.63) is 32.5 Å². The molecule has 0 aliphatic heterocycles. The van der Waals surface area contributed by atoms with Crippen LogP contribution in [-0.2, 0) is 24.1 Å². The van der Waals surface area contributed by atoms with Gasteiger partial charge >= 0.3 is 6.03 Å². The number of rotatable bonds is 8. The minimum Gasteiger partial charge on any atom is -0.337 e. The molecule has 0 bridgehead atoms. The van der Waals surface area contributed by atoms with Crippen LogP contribution in [0.5, 0.6) is 0 Å². The molecule has 0 saturated heterocycles. The zero-order chi connectivity index (χ0) is 18.2. The van der Waals surface area contributed by atoms with Crippen molar-refractivity contribution in [2.24, 2.45) is 5.84 Å². The summed E-state index contributed by atoms with van der Waals surface area (Å²) in [6, 6.07) is 1.87. The lowest BCUT2D eigenvalue weighted by Crippen LogP contribution is -2.40. The fraction of sp³-hybridized carbons (Fsp3) is 0.438. The molecular weight excluding hydrogens is 358 g/mol. The second-order valence-corrected chi connectivity index (χ2v) is 7.73. The topological polar surface area (TPSA) is 109 Å². The molecule has 0 aliphatic carbocycles. The highest BCUT2D eigenvalue weighted by molar-refractivity contribution is 7.14. The Bertz CT molecular complexity index is 726. The number of anilines is 1. The van der Waals surface area contributed by atoms with E-state index in [2.05, 4.69) is 28.6 Å². The van der Waals surface area contributed by atoms with E-state index in [9.17, 15) is 9.59 Å². The van der Waals surface area contributed by atoms with Gasteiger partial charge in [-0.2, -0.15) is 0 Å². The molecule has 25 heavy (non-hydrogen) atoms.